The van der Waals surface area contributed by atoms with Crippen molar-refractivity contribution in [2.24, 2.45) is 0 Å². The van der Waals surface area contributed by atoms with Crippen molar-refractivity contribution in [1.82, 2.24) is 69.8 Å². The molecule has 0 radical (unpaired) electrons. The number of hydrogen-bond acceptors (Lipinski definition) is 30. The van der Waals surface area contributed by atoms with E-state index in [9.17, 15) is 73.3 Å². The van der Waals surface area contributed by atoms with Gasteiger partial charge in [0.25, 0.3) is 11.6 Å². The standard InChI is InChI=1S/C21H22N2O6.C15H18N4O2.3C14H19NO3.C9H7N3O2.C7H5FINO2.C6H13NO.C6H7NO.CH4.Na.H2O/c1-15-7-12-19(29-20(24)17-8-10-18(11-9-17)23(26)27)13-22(15)21(25)28-14-16-5-3-2-4-6-16;1-11-6-7-12(20)10-18(11)15(21)13-4-2-3-5-14(13)19-16-8-9-17-19;3*1-11-7-8-13(16)9-15(11)14(17)18-10-12-5-3-2-4-6-12;13-9(14)7-3-1-2-4-8(7)12-10-5-6-11-12;1-12-7(11)5-4(9)2-3-10-6(5)8;2*1-5-2-3-6(8)4-7-5;;;/h2-6,8-11,15,19H,7,12-14H2,1H3;2-5,8-9,11-12,20H,6-7,10H2,1H3;3*2-6,11,13,16H,7-10H2,1H3;1-6H,(H,13,14);2-3H,1H3;5-8H,2-4H2,1H3;2-4,8H,1H3;1H4;;1H2/q;;;;;;;;;;+1;/p-1/t15-,19-;11-,12-;11-,13+;2*11-,13-;;;5-,6-;;;;/m11111..1..../s1. The number of benzene rings is 7. The minimum absolute atomic E-state index is 0. The number of carboxylic acid groups (broad SMARTS) is 1. The molecule has 9 N–H and O–H groups in total. The molecule has 0 bridgehead atoms. The smallest absolute Gasteiger partial charge is 0.870 e. The summed E-state index contributed by atoms with van der Waals surface area (Å²) in [6.07, 6.45) is 14.8. The number of nitrogens with one attached hydrogen (secondary N) is 1. The molecule has 11 aromatic rings. The van der Waals surface area contributed by atoms with Gasteiger partial charge in [0.1, 0.15) is 49.5 Å². The van der Waals surface area contributed by atoms with Gasteiger partial charge in [-0.05, 0) is 225 Å². The van der Waals surface area contributed by atoms with Crippen LogP contribution in [0.15, 0.2) is 250 Å². The van der Waals surface area contributed by atoms with Gasteiger partial charge in [0.05, 0.1) is 122 Å². The van der Waals surface area contributed by atoms with Gasteiger partial charge in [0.2, 0.25) is 5.95 Å². The van der Waals surface area contributed by atoms with E-state index in [1.165, 1.54) is 77.9 Å². The van der Waals surface area contributed by atoms with Crippen LogP contribution >= 0.6 is 22.6 Å². The number of amides is 5. The number of methoxy groups -OCH3 is 1. The molecule has 0 unspecified atom stereocenters. The largest absolute Gasteiger partial charge is 1.00 e. The van der Waals surface area contributed by atoms with Gasteiger partial charge in [0, 0.05) is 76.9 Å². The first-order valence-corrected chi connectivity index (χ1v) is 49.1. The fourth-order valence-electron chi connectivity index (χ4n) is 15.6. The van der Waals surface area contributed by atoms with Gasteiger partial charge in [-0.2, -0.15) is 34.4 Å². The first kappa shape index (κ1) is 124. The van der Waals surface area contributed by atoms with Crippen LogP contribution in [-0.2, 0) is 54.8 Å². The third-order valence-corrected chi connectivity index (χ3v) is 25.1. The van der Waals surface area contributed by atoms with E-state index in [2.05, 4.69) is 47.3 Å². The summed E-state index contributed by atoms with van der Waals surface area (Å²) in [7, 11) is 1.20. The van der Waals surface area contributed by atoms with Gasteiger partial charge in [-0.1, -0.05) is 153 Å². The monoisotopic (exact) mass is 2180 g/mol. The molecule has 12 atom stereocenters. The molecular weight excluding hydrogens is 2050 g/mol. The second kappa shape index (κ2) is 65.5. The number of carbonyl (C=O) groups is 8. The van der Waals surface area contributed by atoms with E-state index in [1.54, 1.807) is 73.3 Å². The number of likely N-dealkylation sites (tertiary alicyclic amines) is 5. The molecule has 10 heterocycles. The zero-order valence-electron chi connectivity index (χ0n) is 84.3. The Hall–Kier alpha value is -13.3. The van der Waals surface area contributed by atoms with Crippen LogP contribution in [0.4, 0.5) is 29.3 Å². The van der Waals surface area contributed by atoms with Crippen molar-refractivity contribution in [3.8, 4) is 17.1 Å². The van der Waals surface area contributed by atoms with Gasteiger partial charge < -0.3 is 99.5 Å². The molecule has 6 fully saturated rings. The van der Waals surface area contributed by atoms with E-state index in [0.717, 1.165) is 98.7 Å². The Morgan fingerprint density at radius 3 is 1.15 bits per heavy atom. The molecule has 0 spiro atoms. The molecule has 4 aromatic heterocycles. The number of non-ortho nitro benzene ring substituents is 1. The second-order valence-electron chi connectivity index (χ2n) is 35.4. The SMILES string of the molecule is C.COC(=O)c1c(I)ccnc1F.C[C@@H]1CC[C@@H](O)CN1.C[C@@H]1CC[C@@H](O)CN1C(=O)OCc1ccccc1.C[C@@H]1CC[C@@H](O)CN1C(=O)OCc1ccccc1.C[C@@H]1CC[C@@H](O)CN1C(=O)c1ccccc1-n1nccn1.C[C@@H]1CC[C@@H](OC(=O)c2ccc([N+](=O)[O-])cc2)CN1C(=O)OCc1ccccc1.C[C@@H]1CC[C@H](O)CN1C(=O)OCc1ccccc1.Cc1ccc(O)cn1.O=C(O)c1ccccc1-n1nccn1.[Na+].[OH-]. The van der Waals surface area contributed by atoms with Crippen LogP contribution in [0.3, 0.4) is 0 Å². The molecule has 149 heavy (non-hydrogen) atoms. The van der Waals surface area contributed by atoms with Crippen molar-refractivity contribution >= 4 is 76.5 Å². The minimum atomic E-state index is -0.988. The Labute approximate surface area is 902 Å². The summed E-state index contributed by atoms with van der Waals surface area (Å²) >= 11 is 1.84. The number of carbonyl (C=O) groups excluding carboxylic acids is 7. The molecule has 7 aromatic carbocycles. The third-order valence-electron chi connectivity index (χ3n) is 24.2. The number of ether oxygens (including phenoxy) is 6. The number of aromatic hydroxyl groups is 1. The van der Waals surface area contributed by atoms with E-state index >= 15 is 0 Å². The third kappa shape index (κ3) is 42.0. The normalized spacial score (nSPS) is 19.7. The first-order chi connectivity index (χ1) is 70.1. The molecule has 796 valence electrons. The molecule has 6 aliphatic heterocycles. The number of piperidine rings is 6. The molecule has 42 heteroatoms. The van der Waals surface area contributed by atoms with E-state index in [4.69, 9.17) is 39.0 Å². The topological polar surface area (TPSA) is 522 Å². The van der Waals surface area contributed by atoms with Gasteiger partial charge in [-0.3, -0.25) is 19.9 Å². The van der Waals surface area contributed by atoms with Gasteiger partial charge in [-0.25, -0.2) is 38.5 Å². The summed E-state index contributed by atoms with van der Waals surface area (Å²) in [5.41, 5.74) is 6.59. The molecule has 17 rings (SSSR count). The molecule has 6 saturated heterocycles. The number of pyridine rings is 2. The van der Waals surface area contributed by atoms with Crippen molar-refractivity contribution < 1.29 is 147 Å². The zero-order valence-corrected chi connectivity index (χ0v) is 88.4. The Bertz CT molecular complexity index is 5600. The van der Waals surface area contributed by atoms with Crippen LogP contribution < -0.4 is 34.9 Å². The maximum atomic E-state index is 12.9. The quantitative estimate of drug-likeness (QED) is 0.00847. The van der Waals surface area contributed by atoms with Gasteiger partial charge in [0.15, 0.2) is 0 Å². The predicted octanol–water partition coefficient (Wildman–Crippen LogP) is 13.0. The van der Waals surface area contributed by atoms with E-state index in [0.29, 0.717) is 65.6 Å². The maximum absolute atomic E-state index is 12.9. The fourth-order valence-corrected chi connectivity index (χ4v) is 16.2. The number of aromatic nitrogens is 8. The number of rotatable bonds is 16. The first-order valence-electron chi connectivity index (χ1n) is 48.1. The van der Waals surface area contributed by atoms with Crippen molar-refractivity contribution in [3.63, 3.8) is 0 Å². The van der Waals surface area contributed by atoms with Gasteiger partial charge >= 0.3 is 71.8 Å². The van der Waals surface area contributed by atoms with Crippen LogP contribution in [0.2, 0.25) is 0 Å². The summed E-state index contributed by atoms with van der Waals surface area (Å²) in [5.74, 6) is -2.93. The number of aliphatic hydroxyl groups is 5. The van der Waals surface area contributed by atoms with Crippen molar-refractivity contribution in [2.45, 2.75) is 232 Å². The Kier molecular flexibility index (Phi) is 54.6. The second-order valence-corrected chi connectivity index (χ2v) is 36.6. The van der Waals surface area contributed by atoms with Crippen LogP contribution in [0.5, 0.6) is 5.75 Å². The van der Waals surface area contributed by atoms with Crippen LogP contribution in [0.1, 0.15) is 195 Å². The number of aromatic carboxylic acids is 1. The molecule has 39 nitrogen and oxygen atoms in total. The summed E-state index contributed by atoms with van der Waals surface area (Å²) < 4.78 is 44.4. The van der Waals surface area contributed by atoms with E-state index in [1.807, 2.05) is 204 Å². The van der Waals surface area contributed by atoms with Crippen LogP contribution in [-0.4, -0.2) is 278 Å². The molecule has 0 saturated carbocycles. The number of halogens is 2. The number of carboxylic acids is 1. The summed E-state index contributed by atoms with van der Waals surface area (Å²) in [6, 6.07) is 63.3. The number of aliphatic hydroxyl groups excluding tert-OH is 5. The number of β-amino-alcohol motifs (C(OH)–C–C–N with tert-alkyl or cyclic N) is 5. The number of para-hydroxylation sites is 2. The number of nitro benzene ring substituents is 1. The van der Waals surface area contributed by atoms with E-state index in [-0.39, 0.29) is 164 Å². The average molecular weight is 2180 g/mol. The van der Waals surface area contributed by atoms with Crippen LogP contribution in [0.25, 0.3) is 11.4 Å². The number of nitro groups is 1. The Morgan fingerprint density at radius 1 is 0.443 bits per heavy atom. The summed E-state index contributed by atoms with van der Waals surface area (Å²) in [6.45, 7) is 17.4. The molecule has 6 aliphatic rings. The predicted molar refractivity (Wildman–Crippen MR) is 554 cm³/mol. The number of nitrogens with zero attached hydrogens (tertiary/aromatic N) is 14. The minimum Gasteiger partial charge on any atom is -0.870 e. The summed E-state index contributed by atoms with van der Waals surface area (Å²) in [4.78, 5) is 123. The van der Waals surface area contributed by atoms with Crippen LogP contribution in [0, 0.1) is 26.6 Å². The molecule has 5 amide bonds. The number of aryl methyl sites for hydroxylation is 1. The number of esters is 2. The van der Waals surface area contributed by atoms with Crippen molar-refractivity contribution in [2.75, 3.05) is 46.4 Å². The van der Waals surface area contributed by atoms with Gasteiger partial charge in [-0.15, -0.1) is 0 Å². The Morgan fingerprint density at radius 2 is 0.799 bits per heavy atom. The number of hydrogen-bond donors (Lipinski definition) is 8. The van der Waals surface area contributed by atoms with E-state index < -0.39 is 65.4 Å². The Balaban J connectivity index is 0.000000261. The van der Waals surface area contributed by atoms with Crippen molar-refractivity contribution in [1.29, 1.82) is 0 Å². The fraction of sp³-hybridized carbons (Fsp3) is 0.402. The summed E-state index contributed by atoms with van der Waals surface area (Å²) in [5, 5.41) is 94.9. The molecule has 0 aliphatic carbocycles. The average Bonchev–Trinajstić information content (AvgIpc) is 1.71. The van der Waals surface area contributed by atoms with Crippen molar-refractivity contribution in [3.05, 3.63) is 319 Å². The maximum Gasteiger partial charge on any atom is 1.00 e. The zero-order chi connectivity index (χ0) is 106. The molecular formula is C107H134FIN15NaO24.